The molecule has 1 aromatic rings. The molecule has 0 aromatic heterocycles. The van der Waals surface area contributed by atoms with Crippen molar-refractivity contribution >= 4 is 23.2 Å². The number of anilines is 1. The molecule has 4 nitrogen and oxygen atoms in total. The fourth-order valence-electron chi connectivity index (χ4n) is 1.86. The van der Waals surface area contributed by atoms with Gasteiger partial charge in [-0.2, -0.15) is 0 Å². The van der Waals surface area contributed by atoms with Gasteiger partial charge in [-0.25, -0.2) is 0 Å². The lowest BCUT2D eigenvalue weighted by Gasteiger charge is -2.12. The molecule has 0 radical (unpaired) electrons. The van der Waals surface area contributed by atoms with E-state index in [1.54, 1.807) is 12.1 Å². The first-order valence-corrected chi connectivity index (χ1v) is 5.99. The molecule has 0 bridgehead atoms. The molecule has 1 unspecified atom stereocenters. The van der Waals surface area contributed by atoms with Crippen LogP contribution in [0.15, 0.2) is 18.2 Å². The lowest BCUT2D eigenvalue weighted by Crippen LogP contribution is -2.19. The minimum atomic E-state index is -0.518. The first-order chi connectivity index (χ1) is 8.16. The van der Waals surface area contributed by atoms with Crippen molar-refractivity contribution in [2.45, 2.75) is 18.9 Å². The molecule has 1 saturated heterocycles. The van der Waals surface area contributed by atoms with E-state index in [-0.39, 0.29) is 6.10 Å². The van der Waals surface area contributed by atoms with Gasteiger partial charge in [0.1, 0.15) is 0 Å². The van der Waals surface area contributed by atoms with Crippen LogP contribution in [0, 0.1) is 0 Å². The van der Waals surface area contributed by atoms with Crippen molar-refractivity contribution in [1.82, 2.24) is 0 Å². The molecule has 1 aromatic carbocycles. The van der Waals surface area contributed by atoms with E-state index in [0.29, 0.717) is 10.6 Å². The number of carbonyl (C=O) groups excluding carboxylic acids is 1. The van der Waals surface area contributed by atoms with Crippen LogP contribution in [0.3, 0.4) is 0 Å². The lowest BCUT2D eigenvalue weighted by atomic mass is 10.2. The Bertz CT molecular complexity index is 417. The van der Waals surface area contributed by atoms with Gasteiger partial charge in [-0.3, -0.25) is 4.79 Å². The van der Waals surface area contributed by atoms with E-state index in [1.807, 2.05) is 6.07 Å². The summed E-state index contributed by atoms with van der Waals surface area (Å²) in [6.07, 6.45) is 2.44. The van der Waals surface area contributed by atoms with E-state index in [0.717, 1.165) is 31.7 Å². The summed E-state index contributed by atoms with van der Waals surface area (Å²) in [7, 11) is 0. The molecule has 5 heteroatoms. The van der Waals surface area contributed by atoms with Gasteiger partial charge in [-0.05, 0) is 31.0 Å². The summed E-state index contributed by atoms with van der Waals surface area (Å²) < 4.78 is 5.50. The minimum Gasteiger partial charge on any atom is -0.382 e. The van der Waals surface area contributed by atoms with Gasteiger partial charge in [0.25, 0.3) is 0 Å². The topological polar surface area (TPSA) is 64.4 Å². The molecule has 1 aliphatic rings. The number of hydrogen-bond donors (Lipinski definition) is 2. The number of benzene rings is 1. The second-order valence-electron chi connectivity index (χ2n) is 4.07. The molecule has 1 heterocycles. The van der Waals surface area contributed by atoms with Crippen molar-refractivity contribution in [3.8, 4) is 0 Å². The average Bonchev–Trinajstić information content (AvgIpc) is 2.80. The van der Waals surface area contributed by atoms with Gasteiger partial charge in [-0.15, -0.1) is 0 Å². The summed E-state index contributed by atoms with van der Waals surface area (Å²) in [5.74, 6) is -0.518. The zero-order valence-corrected chi connectivity index (χ0v) is 10.2. The van der Waals surface area contributed by atoms with E-state index in [2.05, 4.69) is 5.32 Å². The Balaban J connectivity index is 2.00. The highest BCUT2D eigenvalue weighted by Gasteiger charge is 2.15. The minimum absolute atomic E-state index is 0.253. The summed E-state index contributed by atoms with van der Waals surface area (Å²) in [6, 6.07) is 5.16. The van der Waals surface area contributed by atoms with Gasteiger partial charge in [-0.1, -0.05) is 11.6 Å². The van der Waals surface area contributed by atoms with Gasteiger partial charge in [0, 0.05) is 18.8 Å². The number of halogens is 1. The molecule has 2 rings (SSSR count). The summed E-state index contributed by atoms with van der Waals surface area (Å²) >= 11 is 5.87. The third-order valence-electron chi connectivity index (χ3n) is 2.79. The first-order valence-electron chi connectivity index (χ1n) is 5.61. The van der Waals surface area contributed by atoms with Crippen molar-refractivity contribution in [3.63, 3.8) is 0 Å². The molecule has 1 aliphatic heterocycles. The monoisotopic (exact) mass is 254 g/mol. The van der Waals surface area contributed by atoms with Gasteiger partial charge in [0.2, 0.25) is 5.91 Å². The molecule has 0 aliphatic carbocycles. The van der Waals surface area contributed by atoms with E-state index >= 15 is 0 Å². The highest BCUT2D eigenvalue weighted by Crippen LogP contribution is 2.21. The van der Waals surface area contributed by atoms with Crippen molar-refractivity contribution < 1.29 is 9.53 Å². The Kier molecular flexibility index (Phi) is 3.86. The molecular weight excluding hydrogens is 240 g/mol. The smallest absolute Gasteiger partial charge is 0.250 e. The zero-order valence-electron chi connectivity index (χ0n) is 9.41. The number of nitrogens with two attached hydrogens (primary N) is 1. The summed E-state index contributed by atoms with van der Waals surface area (Å²) in [5, 5.41) is 3.59. The van der Waals surface area contributed by atoms with Crippen LogP contribution in [0.5, 0.6) is 0 Å². The predicted molar refractivity (Wildman–Crippen MR) is 67.4 cm³/mol. The molecule has 1 amide bonds. The molecule has 1 atom stereocenters. The number of primary amides is 1. The molecule has 1 fully saturated rings. The Morgan fingerprint density at radius 3 is 3.06 bits per heavy atom. The molecule has 3 N–H and O–H groups in total. The normalized spacial score (nSPS) is 19.2. The molecule has 92 valence electrons. The van der Waals surface area contributed by atoms with E-state index in [4.69, 9.17) is 22.1 Å². The Morgan fingerprint density at radius 1 is 1.59 bits per heavy atom. The van der Waals surface area contributed by atoms with Crippen LogP contribution in [0.1, 0.15) is 23.2 Å². The number of rotatable bonds is 4. The molecule has 17 heavy (non-hydrogen) atoms. The number of nitrogens with one attached hydrogen (secondary N) is 1. The number of amides is 1. The van der Waals surface area contributed by atoms with Crippen molar-refractivity contribution in [1.29, 1.82) is 0 Å². The summed E-state index contributed by atoms with van der Waals surface area (Å²) in [4.78, 5) is 11.1. The maximum atomic E-state index is 11.1. The van der Waals surface area contributed by atoms with Crippen LogP contribution >= 0.6 is 11.6 Å². The lowest BCUT2D eigenvalue weighted by molar-refractivity contribution is 0.100. The maximum Gasteiger partial charge on any atom is 0.250 e. The summed E-state index contributed by atoms with van der Waals surface area (Å²) in [5.41, 5.74) is 6.40. The SMILES string of the molecule is NC(=O)c1cc(NCC2CCCO2)ccc1Cl. The van der Waals surface area contributed by atoms with Crippen molar-refractivity contribution in [2.24, 2.45) is 5.73 Å². The van der Waals surface area contributed by atoms with Gasteiger partial charge in [0.05, 0.1) is 16.7 Å². The van der Waals surface area contributed by atoms with E-state index in [9.17, 15) is 4.79 Å². The third-order valence-corrected chi connectivity index (χ3v) is 3.12. The number of hydrogen-bond acceptors (Lipinski definition) is 3. The van der Waals surface area contributed by atoms with Crippen LogP contribution in [0.2, 0.25) is 5.02 Å². The van der Waals surface area contributed by atoms with Gasteiger partial charge >= 0.3 is 0 Å². The fourth-order valence-corrected chi connectivity index (χ4v) is 2.07. The third kappa shape index (κ3) is 3.11. The van der Waals surface area contributed by atoms with Gasteiger partial charge < -0.3 is 15.8 Å². The Labute approximate surface area is 105 Å². The number of carbonyl (C=O) groups is 1. The maximum absolute atomic E-state index is 11.1. The largest absolute Gasteiger partial charge is 0.382 e. The average molecular weight is 255 g/mol. The quantitative estimate of drug-likeness (QED) is 0.864. The second kappa shape index (κ2) is 5.38. The van der Waals surface area contributed by atoms with Crippen LogP contribution in [0.4, 0.5) is 5.69 Å². The molecular formula is C12H15ClN2O2. The zero-order chi connectivity index (χ0) is 12.3. The summed E-state index contributed by atoms with van der Waals surface area (Å²) in [6.45, 7) is 1.57. The van der Waals surface area contributed by atoms with Crippen LogP contribution in [-0.4, -0.2) is 25.2 Å². The van der Waals surface area contributed by atoms with E-state index in [1.165, 1.54) is 0 Å². The van der Waals surface area contributed by atoms with E-state index < -0.39 is 5.91 Å². The predicted octanol–water partition coefficient (Wildman–Crippen LogP) is 2.03. The number of ether oxygens (including phenoxy) is 1. The fraction of sp³-hybridized carbons (Fsp3) is 0.417. The standard InChI is InChI=1S/C12H15ClN2O2/c13-11-4-3-8(6-10(11)12(14)16)15-7-9-2-1-5-17-9/h3-4,6,9,15H,1-2,5,7H2,(H2,14,16). The first kappa shape index (κ1) is 12.2. The van der Waals surface area contributed by atoms with Crippen molar-refractivity contribution in [2.75, 3.05) is 18.5 Å². The van der Waals surface area contributed by atoms with Crippen LogP contribution in [0.25, 0.3) is 0 Å². The molecule has 0 saturated carbocycles. The van der Waals surface area contributed by atoms with Crippen LogP contribution < -0.4 is 11.1 Å². The van der Waals surface area contributed by atoms with Crippen molar-refractivity contribution in [3.05, 3.63) is 28.8 Å². The highest BCUT2D eigenvalue weighted by atomic mass is 35.5. The second-order valence-corrected chi connectivity index (χ2v) is 4.48. The van der Waals surface area contributed by atoms with Gasteiger partial charge in [0.15, 0.2) is 0 Å². The van der Waals surface area contributed by atoms with Crippen LogP contribution in [-0.2, 0) is 4.74 Å². The Morgan fingerprint density at radius 2 is 2.41 bits per heavy atom. The highest BCUT2D eigenvalue weighted by molar-refractivity contribution is 6.33. The Hall–Kier alpha value is -1.26. The molecule has 0 spiro atoms.